The van der Waals surface area contributed by atoms with Crippen molar-refractivity contribution in [2.45, 2.75) is 18.2 Å². The number of nitrogens with one attached hydrogen (secondary N) is 2. The summed E-state index contributed by atoms with van der Waals surface area (Å²) in [5, 5.41) is 2.79. The molecule has 1 aliphatic heterocycles. The van der Waals surface area contributed by atoms with Gasteiger partial charge in [-0.2, -0.15) is 0 Å². The van der Waals surface area contributed by atoms with E-state index >= 15 is 0 Å². The Hall–Kier alpha value is -3.72. The number of anilines is 1. The lowest BCUT2D eigenvalue weighted by Gasteiger charge is -2.12. The van der Waals surface area contributed by atoms with E-state index in [1.54, 1.807) is 30.3 Å². The lowest BCUT2D eigenvalue weighted by atomic mass is 10.2. The van der Waals surface area contributed by atoms with Crippen molar-refractivity contribution in [1.29, 1.82) is 0 Å². The Morgan fingerprint density at radius 3 is 2.47 bits per heavy atom. The van der Waals surface area contributed by atoms with E-state index in [9.17, 15) is 13.2 Å². The third-order valence-corrected chi connectivity index (χ3v) is 6.55. The molecule has 4 rings (SSSR count). The van der Waals surface area contributed by atoms with Crippen LogP contribution in [-0.2, 0) is 10.0 Å². The smallest absolute Gasteiger partial charge is 0.262 e. The summed E-state index contributed by atoms with van der Waals surface area (Å²) in [6.45, 7) is 3.62. The zero-order chi connectivity index (χ0) is 24.0. The number of para-hydroxylation sites is 1. The molecule has 8 nitrogen and oxygen atoms in total. The van der Waals surface area contributed by atoms with Crippen molar-refractivity contribution in [2.24, 2.45) is 0 Å². The second kappa shape index (κ2) is 10.5. The molecule has 178 valence electrons. The highest BCUT2D eigenvalue weighted by atomic mass is 32.2. The Morgan fingerprint density at radius 2 is 1.71 bits per heavy atom. The summed E-state index contributed by atoms with van der Waals surface area (Å²) in [7, 11) is -3.84. The highest BCUT2D eigenvalue weighted by Gasteiger charge is 2.19. The quantitative estimate of drug-likeness (QED) is 0.474. The maximum Gasteiger partial charge on any atom is 0.262 e. The zero-order valence-electron chi connectivity index (χ0n) is 18.7. The predicted octanol–water partition coefficient (Wildman–Crippen LogP) is 3.77. The van der Waals surface area contributed by atoms with E-state index in [4.69, 9.17) is 14.2 Å². The van der Waals surface area contributed by atoms with E-state index in [0.717, 1.165) is 17.7 Å². The van der Waals surface area contributed by atoms with Crippen LogP contribution in [0.3, 0.4) is 0 Å². The normalized spacial score (nSPS) is 13.0. The van der Waals surface area contributed by atoms with Gasteiger partial charge in [0.15, 0.2) is 11.5 Å². The number of benzene rings is 3. The second-order valence-electron chi connectivity index (χ2n) is 7.71. The molecular formula is C25H26N2O6S. The number of sulfonamides is 1. The average Bonchev–Trinajstić information content (AvgIpc) is 3.08. The first-order valence-electron chi connectivity index (χ1n) is 10.9. The highest BCUT2D eigenvalue weighted by Crippen LogP contribution is 2.32. The van der Waals surface area contributed by atoms with Crippen LogP contribution < -0.4 is 24.2 Å². The van der Waals surface area contributed by atoms with Gasteiger partial charge in [-0.25, -0.2) is 8.42 Å². The molecule has 34 heavy (non-hydrogen) atoms. The number of carbonyl (C=O) groups is 1. The van der Waals surface area contributed by atoms with E-state index in [2.05, 4.69) is 10.0 Å². The molecule has 1 amide bonds. The number of ether oxygens (including phenoxy) is 3. The van der Waals surface area contributed by atoms with Gasteiger partial charge in [-0.3, -0.25) is 9.52 Å². The predicted molar refractivity (Wildman–Crippen MR) is 128 cm³/mol. The number of amides is 1. The molecule has 9 heteroatoms. The maximum atomic E-state index is 12.8. The van der Waals surface area contributed by atoms with Crippen LogP contribution in [0.15, 0.2) is 71.6 Å². The van der Waals surface area contributed by atoms with Gasteiger partial charge in [0.2, 0.25) is 0 Å². The monoisotopic (exact) mass is 482 g/mol. The van der Waals surface area contributed by atoms with Crippen molar-refractivity contribution in [3.05, 3.63) is 77.9 Å². The summed E-state index contributed by atoms with van der Waals surface area (Å²) in [6, 6.07) is 18.4. The number of fused-ring (bicyclic) bond motifs is 1. The summed E-state index contributed by atoms with van der Waals surface area (Å²) >= 11 is 0. The maximum absolute atomic E-state index is 12.8. The van der Waals surface area contributed by atoms with E-state index in [0.29, 0.717) is 49.1 Å². The minimum Gasteiger partial charge on any atom is -0.491 e. The lowest BCUT2D eigenvalue weighted by Crippen LogP contribution is -2.28. The van der Waals surface area contributed by atoms with Gasteiger partial charge in [0.1, 0.15) is 12.4 Å². The summed E-state index contributed by atoms with van der Waals surface area (Å²) in [6.07, 6.45) is 0.731. The van der Waals surface area contributed by atoms with Crippen molar-refractivity contribution in [2.75, 3.05) is 31.1 Å². The molecule has 3 aromatic carbocycles. The fraction of sp³-hybridized carbons (Fsp3) is 0.240. The van der Waals surface area contributed by atoms with Crippen LogP contribution in [0.2, 0.25) is 0 Å². The Labute approximate surface area is 198 Å². The Bertz CT molecular complexity index is 1260. The molecule has 1 aliphatic rings. The topological polar surface area (TPSA) is 103 Å². The van der Waals surface area contributed by atoms with Crippen molar-refractivity contribution >= 4 is 21.6 Å². The number of aryl methyl sites for hydroxylation is 1. The molecule has 0 saturated carbocycles. The first-order chi connectivity index (χ1) is 16.4. The van der Waals surface area contributed by atoms with Gasteiger partial charge in [-0.05, 0) is 55.0 Å². The van der Waals surface area contributed by atoms with Crippen molar-refractivity contribution in [3.8, 4) is 17.2 Å². The second-order valence-corrected chi connectivity index (χ2v) is 9.39. The molecule has 0 aliphatic carbocycles. The molecule has 2 N–H and O–H groups in total. The summed E-state index contributed by atoms with van der Waals surface area (Å²) in [5.74, 6) is 1.43. The van der Waals surface area contributed by atoms with Gasteiger partial charge in [0, 0.05) is 23.7 Å². The van der Waals surface area contributed by atoms with Gasteiger partial charge >= 0.3 is 0 Å². The van der Waals surface area contributed by atoms with Gasteiger partial charge < -0.3 is 19.5 Å². The third kappa shape index (κ3) is 5.79. The fourth-order valence-corrected chi connectivity index (χ4v) is 4.43. The van der Waals surface area contributed by atoms with E-state index in [1.165, 1.54) is 12.1 Å². The Morgan fingerprint density at radius 1 is 0.971 bits per heavy atom. The number of carbonyl (C=O) groups excluding carboxylic acids is 1. The SMILES string of the molecule is Cc1ccccc1OCCNC(=O)c1ccc(NS(=O)(=O)c2ccc3c(c2)OCCCO3)cc1. The molecule has 0 spiro atoms. The van der Waals surface area contributed by atoms with E-state index in [-0.39, 0.29) is 10.8 Å². The van der Waals surface area contributed by atoms with Crippen LogP contribution in [0.1, 0.15) is 22.3 Å². The molecule has 0 bridgehead atoms. The Kier molecular flexibility index (Phi) is 7.22. The van der Waals surface area contributed by atoms with Crippen molar-refractivity contribution < 1.29 is 27.4 Å². The van der Waals surface area contributed by atoms with Crippen molar-refractivity contribution in [3.63, 3.8) is 0 Å². The molecule has 0 aromatic heterocycles. The largest absolute Gasteiger partial charge is 0.491 e. The van der Waals surface area contributed by atoms with Gasteiger partial charge in [0.05, 0.1) is 24.7 Å². The van der Waals surface area contributed by atoms with Crippen LogP contribution in [-0.4, -0.2) is 40.7 Å². The van der Waals surface area contributed by atoms with E-state index in [1.807, 2.05) is 31.2 Å². The summed E-state index contributed by atoms with van der Waals surface area (Å²) in [5.41, 5.74) is 1.78. The minimum atomic E-state index is -3.84. The summed E-state index contributed by atoms with van der Waals surface area (Å²) < 4.78 is 44.9. The molecule has 0 unspecified atom stereocenters. The van der Waals surface area contributed by atoms with E-state index < -0.39 is 10.0 Å². The van der Waals surface area contributed by atoms with Crippen LogP contribution in [0.5, 0.6) is 17.2 Å². The van der Waals surface area contributed by atoms with Gasteiger partial charge in [0.25, 0.3) is 15.9 Å². The fourth-order valence-electron chi connectivity index (χ4n) is 3.36. The Balaban J connectivity index is 1.32. The number of rotatable bonds is 8. The third-order valence-electron chi connectivity index (χ3n) is 5.17. The van der Waals surface area contributed by atoms with Crippen LogP contribution in [0, 0.1) is 6.92 Å². The molecule has 0 fully saturated rings. The molecule has 3 aromatic rings. The minimum absolute atomic E-state index is 0.0622. The number of hydrogen-bond acceptors (Lipinski definition) is 6. The molecule has 0 atom stereocenters. The van der Waals surface area contributed by atoms with Gasteiger partial charge in [-0.1, -0.05) is 18.2 Å². The van der Waals surface area contributed by atoms with Gasteiger partial charge in [-0.15, -0.1) is 0 Å². The zero-order valence-corrected chi connectivity index (χ0v) is 19.6. The molecule has 0 saturated heterocycles. The van der Waals surface area contributed by atoms with Crippen LogP contribution in [0.4, 0.5) is 5.69 Å². The van der Waals surface area contributed by atoms with Crippen LogP contribution in [0.25, 0.3) is 0 Å². The first kappa shape index (κ1) is 23.4. The standard InChI is InChI=1S/C25H26N2O6S/c1-18-5-2-3-6-22(18)33-16-13-26-25(28)19-7-9-20(10-8-19)27-34(29,30)21-11-12-23-24(17-21)32-15-4-14-31-23/h2-3,5-12,17,27H,4,13-16H2,1H3,(H,26,28). The number of hydrogen-bond donors (Lipinski definition) is 2. The first-order valence-corrected chi connectivity index (χ1v) is 12.4. The molecule has 0 radical (unpaired) electrons. The highest BCUT2D eigenvalue weighted by molar-refractivity contribution is 7.92. The summed E-state index contributed by atoms with van der Waals surface area (Å²) in [4.78, 5) is 12.4. The van der Waals surface area contributed by atoms with Crippen molar-refractivity contribution in [1.82, 2.24) is 5.32 Å². The van der Waals surface area contributed by atoms with Crippen LogP contribution >= 0.6 is 0 Å². The average molecular weight is 483 g/mol. The molecular weight excluding hydrogens is 456 g/mol. The molecule has 1 heterocycles. The lowest BCUT2D eigenvalue weighted by molar-refractivity contribution is 0.0947.